The van der Waals surface area contributed by atoms with Crippen LogP contribution in [-0.2, 0) is 23.2 Å². The topological polar surface area (TPSA) is 90.6 Å². The Bertz CT molecular complexity index is 1150. The molecule has 6 nitrogen and oxygen atoms in total. The summed E-state index contributed by atoms with van der Waals surface area (Å²) in [5, 5.41) is 9.45. The Labute approximate surface area is 191 Å². The smallest absolute Gasteiger partial charge is 0.238 e. The predicted molar refractivity (Wildman–Crippen MR) is 124 cm³/mol. The highest BCUT2D eigenvalue weighted by molar-refractivity contribution is 7.89. The Morgan fingerprint density at radius 1 is 0.903 bits per heavy atom. The molecule has 0 aromatic heterocycles. The van der Waals surface area contributed by atoms with E-state index in [2.05, 4.69) is 5.32 Å². The molecule has 3 N–H and O–H groups in total. The van der Waals surface area contributed by atoms with Gasteiger partial charge < -0.3 is 14.8 Å². The van der Waals surface area contributed by atoms with Crippen LogP contribution in [0.5, 0.6) is 11.5 Å². The van der Waals surface area contributed by atoms with Crippen LogP contribution in [0.1, 0.15) is 18.1 Å². The molecule has 0 spiro atoms. The van der Waals surface area contributed by atoms with Crippen LogP contribution >= 0.6 is 23.2 Å². The number of hydrogen-bond donors (Lipinski definition) is 2. The Hall–Kier alpha value is -2.45. The van der Waals surface area contributed by atoms with Crippen molar-refractivity contribution in [2.24, 2.45) is 5.14 Å². The third-order valence-corrected chi connectivity index (χ3v) is 6.07. The molecule has 164 valence electrons. The zero-order valence-electron chi connectivity index (χ0n) is 16.8. The summed E-state index contributed by atoms with van der Waals surface area (Å²) in [4.78, 5) is 0.0507. The summed E-state index contributed by atoms with van der Waals surface area (Å²) in [6.07, 6.45) is 0. The highest BCUT2D eigenvalue weighted by atomic mass is 35.5. The number of nitrogens with one attached hydrogen (secondary N) is 1. The molecule has 0 aliphatic heterocycles. The lowest BCUT2D eigenvalue weighted by Crippen LogP contribution is -2.12. The van der Waals surface area contributed by atoms with E-state index in [-0.39, 0.29) is 11.5 Å². The van der Waals surface area contributed by atoms with Crippen LogP contribution in [0.4, 0.5) is 5.69 Å². The van der Waals surface area contributed by atoms with E-state index in [1.165, 1.54) is 12.1 Å². The standard InChI is InChI=1S/C22H22Cl2N2O4S/c1-2-29-21-11-16(13-26-17-7-9-18(10-8-17)31(25,27)28)20(24)12-22(21)30-14-15-5-3-4-6-19(15)23/h3-12,26H,2,13-14H2,1H3,(H2,25,27,28). The third kappa shape index (κ3) is 6.27. The molecule has 0 saturated heterocycles. The van der Waals surface area contributed by atoms with Gasteiger partial charge in [-0.25, -0.2) is 13.6 Å². The quantitative estimate of drug-likeness (QED) is 0.437. The van der Waals surface area contributed by atoms with Crippen LogP contribution in [-0.4, -0.2) is 15.0 Å². The second kappa shape index (κ2) is 10.2. The van der Waals surface area contributed by atoms with E-state index >= 15 is 0 Å². The molecule has 3 rings (SSSR count). The van der Waals surface area contributed by atoms with Crippen LogP contribution in [0, 0.1) is 0 Å². The average Bonchev–Trinajstić information content (AvgIpc) is 2.73. The van der Waals surface area contributed by atoms with Crippen LogP contribution in [0.2, 0.25) is 10.0 Å². The molecule has 0 fully saturated rings. The Balaban J connectivity index is 1.74. The van der Waals surface area contributed by atoms with Gasteiger partial charge in [-0.3, -0.25) is 0 Å². The van der Waals surface area contributed by atoms with Gasteiger partial charge >= 0.3 is 0 Å². The lowest BCUT2D eigenvalue weighted by Gasteiger charge is -2.16. The zero-order valence-corrected chi connectivity index (χ0v) is 19.1. The molecule has 0 aliphatic rings. The number of nitrogens with two attached hydrogens (primary N) is 1. The van der Waals surface area contributed by atoms with E-state index < -0.39 is 10.0 Å². The molecule has 0 saturated carbocycles. The predicted octanol–water partition coefficient (Wildman–Crippen LogP) is 5.23. The fourth-order valence-electron chi connectivity index (χ4n) is 2.82. The molecule has 3 aromatic carbocycles. The SMILES string of the molecule is CCOc1cc(CNc2ccc(S(N)(=O)=O)cc2)c(Cl)cc1OCc1ccccc1Cl. The van der Waals surface area contributed by atoms with Crippen LogP contribution in [0.15, 0.2) is 65.6 Å². The van der Waals surface area contributed by atoms with Crippen LogP contribution < -0.4 is 19.9 Å². The summed E-state index contributed by atoms with van der Waals surface area (Å²) >= 11 is 12.7. The molecular formula is C22H22Cl2N2O4S. The fraction of sp³-hybridized carbons (Fsp3) is 0.182. The number of rotatable bonds is 9. The number of ether oxygens (including phenoxy) is 2. The van der Waals surface area contributed by atoms with E-state index in [1.54, 1.807) is 24.3 Å². The summed E-state index contributed by atoms with van der Waals surface area (Å²) < 4.78 is 34.4. The molecule has 0 aliphatic carbocycles. The minimum atomic E-state index is -3.73. The molecule has 3 aromatic rings. The van der Waals surface area contributed by atoms with E-state index in [0.29, 0.717) is 34.7 Å². The number of benzene rings is 3. The molecule has 9 heteroatoms. The largest absolute Gasteiger partial charge is 0.490 e. The highest BCUT2D eigenvalue weighted by Gasteiger charge is 2.13. The number of halogens is 2. The van der Waals surface area contributed by atoms with Gasteiger partial charge in [0, 0.05) is 33.9 Å². The van der Waals surface area contributed by atoms with Gasteiger partial charge in [0.15, 0.2) is 11.5 Å². The maximum atomic E-state index is 11.4. The Kier molecular flexibility index (Phi) is 7.67. The number of primary sulfonamides is 1. The first-order valence-electron chi connectivity index (χ1n) is 9.46. The first-order valence-corrected chi connectivity index (χ1v) is 11.8. The summed E-state index contributed by atoms with van der Waals surface area (Å²) in [5.41, 5.74) is 2.38. The maximum Gasteiger partial charge on any atom is 0.238 e. The molecule has 31 heavy (non-hydrogen) atoms. The zero-order chi connectivity index (χ0) is 22.4. The number of hydrogen-bond acceptors (Lipinski definition) is 5. The van der Waals surface area contributed by atoms with Crippen molar-refractivity contribution in [2.75, 3.05) is 11.9 Å². The van der Waals surface area contributed by atoms with Crippen LogP contribution in [0.25, 0.3) is 0 Å². The van der Waals surface area contributed by atoms with Gasteiger partial charge in [-0.1, -0.05) is 41.4 Å². The summed E-state index contributed by atoms with van der Waals surface area (Å²) in [6.45, 7) is 3.03. The van der Waals surface area contributed by atoms with Crippen molar-refractivity contribution in [1.82, 2.24) is 0 Å². The van der Waals surface area contributed by atoms with Gasteiger partial charge in [0.05, 0.1) is 11.5 Å². The molecule has 0 radical (unpaired) electrons. The Morgan fingerprint density at radius 3 is 2.23 bits per heavy atom. The Morgan fingerprint density at radius 2 is 1.58 bits per heavy atom. The lowest BCUT2D eigenvalue weighted by atomic mass is 10.2. The third-order valence-electron chi connectivity index (χ3n) is 4.42. The number of sulfonamides is 1. The fourth-order valence-corrected chi connectivity index (χ4v) is 3.75. The van der Waals surface area contributed by atoms with E-state index in [1.807, 2.05) is 31.2 Å². The molecule has 0 atom stereocenters. The highest BCUT2D eigenvalue weighted by Crippen LogP contribution is 2.35. The van der Waals surface area contributed by atoms with Gasteiger partial charge in [-0.15, -0.1) is 0 Å². The van der Waals surface area contributed by atoms with Gasteiger partial charge in [0.1, 0.15) is 6.61 Å². The minimum absolute atomic E-state index is 0.0507. The van der Waals surface area contributed by atoms with Crippen molar-refractivity contribution in [3.63, 3.8) is 0 Å². The van der Waals surface area contributed by atoms with Gasteiger partial charge in [0.2, 0.25) is 10.0 Å². The minimum Gasteiger partial charge on any atom is -0.490 e. The summed E-state index contributed by atoms with van der Waals surface area (Å²) in [6, 6.07) is 17.1. The average molecular weight is 481 g/mol. The van der Waals surface area contributed by atoms with Crippen molar-refractivity contribution in [3.8, 4) is 11.5 Å². The first kappa shape index (κ1) is 23.2. The van der Waals surface area contributed by atoms with Crippen molar-refractivity contribution in [2.45, 2.75) is 25.0 Å². The molecular weight excluding hydrogens is 459 g/mol. The lowest BCUT2D eigenvalue weighted by molar-refractivity contribution is 0.269. The monoisotopic (exact) mass is 480 g/mol. The molecule has 0 bridgehead atoms. The van der Waals surface area contributed by atoms with E-state index in [9.17, 15) is 8.42 Å². The van der Waals surface area contributed by atoms with E-state index in [4.69, 9.17) is 37.8 Å². The van der Waals surface area contributed by atoms with Crippen LogP contribution in [0.3, 0.4) is 0 Å². The van der Waals surface area contributed by atoms with Gasteiger partial charge in [-0.2, -0.15) is 0 Å². The molecule has 0 heterocycles. The summed E-state index contributed by atoms with van der Waals surface area (Å²) in [7, 11) is -3.73. The number of anilines is 1. The maximum absolute atomic E-state index is 11.4. The van der Waals surface area contributed by atoms with E-state index in [0.717, 1.165) is 16.8 Å². The second-order valence-electron chi connectivity index (χ2n) is 6.63. The van der Waals surface area contributed by atoms with Crippen molar-refractivity contribution in [1.29, 1.82) is 0 Å². The van der Waals surface area contributed by atoms with Crippen molar-refractivity contribution in [3.05, 3.63) is 81.8 Å². The summed E-state index contributed by atoms with van der Waals surface area (Å²) in [5.74, 6) is 1.09. The van der Waals surface area contributed by atoms with Crippen molar-refractivity contribution >= 4 is 38.9 Å². The van der Waals surface area contributed by atoms with Gasteiger partial charge in [-0.05, 0) is 48.9 Å². The van der Waals surface area contributed by atoms with Gasteiger partial charge in [0.25, 0.3) is 0 Å². The molecule has 0 unspecified atom stereocenters. The molecule has 0 amide bonds. The first-order chi connectivity index (χ1) is 14.8. The normalized spacial score (nSPS) is 11.2. The second-order valence-corrected chi connectivity index (χ2v) is 9.00. The van der Waals surface area contributed by atoms with Crippen molar-refractivity contribution < 1.29 is 17.9 Å².